The summed E-state index contributed by atoms with van der Waals surface area (Å²) in [5.41, 5.74) is -0.884. The number of ether oxygens (including phenoxy) is 1. The summed E-state index contributed by atoms with van der Waals surface area (Å²) in [7, 11) is 0. The summed E-state index contributed by atoms with van der Waals surface area (Å²) in [6.45, 7) is 0.177. The highest BCUT2D eigenvalue weighted by molar-refractivity contribution is 6.08. The van der Waals surface area contributed by atoms with E-state index in [4.69, 9.17) is 14.3 Å². The molecule has 2 heterocycles. The Labute approximate surface area is 196 Å². The molecule has 0 bridgehead atoms. The lowest BCUT2D eigenvalue weighted by atomic mass is 10.1. The zero-order valence-corrected chi connectivity index (χ0v) is 18.1. The molecule has 2 aromatic carbocycles. The Balaban J connectivity index is 1.68. The monoisotopic (exact) mass is 484 g/mol. The summed E-state index contributed by atoms with van der Waals surface area (Å²) in [4.78, 5) is 29.6. The smallest absolute Gasteiger partial charge is 0.416 e. The number of amides is 1. The van der Waals surface area contributed by atoms with Gasteiger partial charge in [0.05, 0.1) is 23.2 Å². The number of benzene rings is 2. The van der Waals surface area contributed by atoms with Gasteiger partial charge in [-0.15, -0.1) is 0 Å². The van der Waals surface area contributed by atoms with Gasteiger partial charge in [-0.1, -0.05) is 18.2 Å². The number of carbonyl (C=O) groups excluding carboxylic acids is 1. The molecule has 2 N–H and O–H groups in total. The normalized spacial score (nSPS) is 11.4. The predicted octanol–water partition coefficient (Wildman–Crippen LogP) is 4.89. The van der Waals surface area contributed by atoms with Gasteiger partial charge in [-0.25, -0.2) is 4.98 Å². The first-order valence-electron chi connectivity index (χ1n) is 10.5. The van der Waals surface area contributed by atoms with Crippen LogP contribution in [0.4, 0.5) is 18.9 Å². The number of pyridine rings is 1. The largest absolute Gasteiger partial charge is 0.478 e. The minimum absolute atomic E-state index is 0.0224. The Kier molecular flexibility index (Phi) is 6.83. The number of fused-ring (bicyclic) bond motifs is 1. The molecule has 0 spiro atoms. The predicted molar refractivity (Wildman–Crippen MR) is 122 cm³/mol. The summed E-state index contributed by atoms with van der Waals surface area (Å²) >= 11 is 0. The molecule has 0 fully saturated rings. The number of halogens is 3. The quantitative estimate of drug-likeness (QED) is 0.363. The Morgan fingerprint density at radius 3 is 2.66 bits per heavy atom. The Morgan fingerprint density at radius 2 is 1.89 bits per heavy atom. The van der Waals surface area contributed by atoms with Gasteiger partial charge in [0.25, 0.3) is 5.91 Å². The van der Waals surface area contributed by atoms with Gasteiger partial charge in [0.15, 0.2) is 11.0 Å². The zero-order valence-electron chi connectivity index (χ0n) is 18.1. The number of anilines is 1. The van der Waals surface area contributed by atoms with Crippen molar-refractivity contribution in [2.24, 2.45) is 0 Å². The number of nitrogens with one attached hydrogen (secondary N) is 1. The van der Waals surface area contributed by atoms with E-state index in [9.17, 15) is 22.8 Å². The van der Waals surface area contributed by atoms with Crippen LogP contribution < -0.4 is 15.5 Å². The van der Waals surface area contributed by atoms with E-state index in [-0.39, 0.29) is 52.6 Å². The Morgan fingerprint density at radius 1 is 1.09 bits per heavy atom. The zero-order chi connectivity index (χ0) is 25.0. The molecule has 4 rings (SSSR count). The van der Waals surface area contributed by atoms with Crippen molar-refractivity contribution in [3.8, 4) is 17.2 Å². The molecule has 4 aromatic rings. The fourth-order valence-corrected chi connectivity index (χ4v) is 3.33. The van der Waals surface area contributed by atoms with Crippen molar-refractivity contribution in [2.75, 3.05) is 18.5 Å². The van der Waals surface area contributed by atoms with Crippen LogP contribution in [0.3, 0.4) is 0 Å². The number of aliphatic hydroxyl groups excluding tert-OH is 1. The first-order chi connectivity index (χ1) is 16.8. The highest BCUT2D eigenvalue weighted by Gasteiger charge is 2.30. The molecule has 0 radical (unpaired) electrons. The van der Waals surface area contributed by atoms with Crippen molar-refractivity contribution in [3.05, 3.63) is 88.2 Å². The van der Waals surface area contributed by atoms with Crippen molar-refractivity contribution in [1.82, 2.24) is 4.98 Å². The molecule has 0 aliphatic carbocycles. The lowest BCUT2D eigenvalue weighted by Crippen LogP contribution is -2.13. The third-order valence-electron chi connectivity index (χ3n) is 5.03. The third kappa shape index (κ3) is 5.49. The van der Waals surface area contributed by atoms with Crippen LogP contribution in [0, 0.1) is 0 Å². The number of carbonyl (C=O) groups is 1. The van der Waals surface area contributed by atoms with Gasteiger partial charge >= 0.3 is 6.18 Å². The second-order valence-corrected chi connectivity index (χ2v) is 7.50. The second-order valence-electron chi connectivity index (χ2n) is 7.50. The Bertz CT molecular complexity index is 1430. The van der Waals surface area contributed by atoms with Gasteiger partial charge in [-0.05, 0) is 30.3 Å². The van der Waals surface area contributed by atoms with E-state index >= 15 is 0 Å². The molecule has 10 heteroatoms. The van der Waals surface area contributed by atoms with E-state index in [0.29, 0.717) is 6.42 Å². The number of hydrogen-bond acceptors (Lipinski definition) is 6. The molecular weight excluding hydrogens is 465 g/mol. The molecule has 0 aliphatic heterocycles. The van der Waals surface area contributed by atoms with Crippen molar-refractivity contribution >= 4 is 22.6 Å². The standard InChI is InChI=1S/C25H19F3N2O5/c26-25(27,28)17-5-1-4-15(12-17)21-14-20(32)18-6-2-7-19(23(18)35-21)30-24(33)16-8-9-29-22(13-16)34-11-3-10-31/h1-2,4-9,12-14,31H,3,10-11H2,(H,30,33). The molecule has 1 amide bonds. The summed E-state index contributed by atoms with van der Waals surface area (Å²) in [6.07, 6.45) is -2.77. The molecule has 0 unspecified atom stereocenters. The number of alkyl halides is 3. The van der Waals surface area contributed by atoms with Crippen molar-refractivity contribution < 1.29 is 32.2 Å². The van der Waals surface area contributed by atoms with E-state index < -0.39 is 23.1 Å². The SMILES string of the molecule is O=C(Nc1cccc2c(=O)cc(-c3cccc(C(F)(F)F)c3)oc12)c1ccnc(OCCCO)c1. The first kappa shape index (κ1) is 24.0. The van der Waals surface area contributed by atoms with E-state index in [1.54, 1.807) is 6.07 Å². The fourth-order valence-electron chi connectivity index (χ4n) is 3.33. The number of hydrogen-bond donors (Lipinski definition) is 2. The highest BCUT2D eigenvalue weighted by Crippen LogP contribution is 2.33. The highest BCUT2D eigenvalue weighted by atomic mass is 19.4. The maximum absolute atomic E-state index is 13.1. The number of nitrogens with zero attached hydrogens (tertiary/aromatic N) is 1. The van der Waals surface area contributed by atoms with Crippen LogP contribution in [0.1, 0.15) is 22.3 Å². The summed E-state index contributed by atoms with van der Waals surface area (Å²) in [5, 5.41) is 11.7. The van der Waals surface area contributed by atoms with Gasteiger partial charge in [-0.3, -0.25) is 9.59 Å². The molecular formula is C25H19F3N2O5. The van der Waals surface area contributed by atoms with Crippen LogP contribution in [0.2, 0.25) is 0 Å². The van der Waals surface area contributed by atoms with Crippen LogP contribution in [0.15, 0.2) is 76.1 Å². The van der Waals surface area contributed by atoms with Crippen LogP contribution in [-0.2, 0) is 6.18 Å². The number of aliphatic hydroxyl groups is 1. The molecule has 2 aromatic heterocycles. The Hall–Kier alpha value is -4.18. The molecule has 0 atom stereocenters. The molecule has 0 saturated carbocycles. The topological polar surface area (TPSA) is 102 Å². The van der Waals surface area contributed by atoms with Gasteiger partial charge in [-0.2, -0.15) is 13.2 Å². The third-order valence-corrected chi connectivity index (χ3v) is 5.03. The van der Waals surface area contributed by atoms with Gasteiger partial charge in [0, 0.05) is 42.5 Å². The first-order valence-corrected chi connectivity index (χ1v) is 10.5. The van der Waals surface area contributed by atoms with Crippen molar-refractivity contribution in [3.63, 3.8) is 0 Å². The van der Waals surface area contributed by atoms with Gasteiger partial charge in [0.2, 0.25) is 5.88 Å². The van der Waals surface area contributed by atoms with E-state index in [1.165, 1.54) is 42.6 Å². The lowest BCUT2D eigenvalue weighted by molar-refractivity contribution is -0.137. The maximum atomic E-state index is 13.1. The second kappa shape index (κ2) is 9.98. The summed E-state index contributed by atoms with van der Waals surface area (Å²) < 4.78 is 50.6. The van der Waals surface area contributed by atoms with E-state index in [1.807, 2.05) is 0 Å². The molecule has 0 saturated heterocycles. The molecule has 7 nitrogen and oxygen atoms in total. The number of aromatic nitrogens is 1. The van der Waals surface area contributed by atoms with Crippen molar-refractivity contribution in [1.29, 1.82) is 0 Å². The number of para-hydroxylation sites is 1. The van der Waals surface area contributed by atoms with E-state index in [0.717, 1.165) is 18.2 Å². The minimum atomic E-state index is -4.56. The van der Waals surface area contributed by atoms with E-state index in [2.05, 4.69) is 10.3 Å². The van der Waals surface area contributed by atoms with Crippen LogP contribution >= 0.6 is 0 Å². The maximum Gasteiger partial charge on any atom is 0.416 e. The molecule has 35 heavy (non-hydrogen) atoms. The summed E-state index contributed by atoms with van der Waals surface area (Å²) in [6, 6.07) is 13.0. The van der Waals surface area contributed by atoms with Crippen LogP contribution in [-0.4, -0.2) is 29.2 Å². The van der Waals surface area contributed by atoms with Crippen molar-refractivity contribution in [2.45, 2.75) is 12.6 Å². The number of rotatable bonds is 7. The van der Waals surface area contributed by atoms with Gasteiger partial charge in [0.1, 0.15) is 5.76 Å². The van der Waals surface area contributed by atoms with Gasteiger partial charge < -0.3 is 19.6 Å². The lowest BCUT2D eigenvalue weighted by Gasteiger charge is -2.11. The molecule has 180 valence electrons. The fraction of sp³-hybridized carbons (Fsp3) is 0.160. The molecule has 0 aliphatic rings. The minimum Gasteiger partial charge on any atom is -0.478 e. The average Bonchev–Trinajstić information content (AvgIpc) is 2.84. The average molecular weight is 484 g/mol. The van der Waals surface area contributed by atoms with Crippen LogP contribution in [0.5, 0.6) is 5.88 Å². The summed E-state index contributed by atoms with van der Waals surface area (Å²) in [5.74, 6) is -0.416. The van der Waals surface area contributed by atoms with Crippen LogP contribution in [0.25, 0.3) is 22.3 Å².